The highest BCUT2D eigenvalue weighted by Gasteiger charge is 2.38. The summed E-state index contributed by atoms with van der Waals surface area (Å²) in [6, 6.07) is 23.9. The zero-order valence-electron chi connectivity index (χ0n) is 17.4. The van der Waals surface area contributed by atoms with Gasteiger partial charge in [0.25, 0.3) is 0 Å². The maximum Gasteiger partial charge on any atom is 0.352 e. The van der Waals surface area contributed by atoms with E-state index in [0.29, 0.717) is 30.3 Å². The van der Waals surface area contributed by atoms with Crippen LogP contribution in [0.15, 0.2) is 78.9 Å². The van der Waals surface area contributed by atoms with Crippen molar-refractivity contribution in [3.05, 3.63) is 84.4 Å². The fraction of sp³-hybridized carbons (Fsp3) is 0.240. The summed E-state index contributed by atoms with van der Waals surface area (Å²) < 4.78 is 17.4. The molecule has 31 heavy (non-hydrogen) atoms. The number of hydrogen-bond donors (Lipinski definition) is 1. The smallest absolute Gasteiger partial charge is 0.352 e. The zero-order chi connectivity index (χ0) is 21.7. The normalized spacial score (nSPS) is 14.7. The molecule has 1 aliphatic heterocycles. The lowest BCUT2D eigenvalue weighted by Gasteiger charge is -2.31. The molecule has 0 spiro atoms. The van der Waals surface area contributed by atoms with Gasteiger partial charge in [-0.05, 0) is 43.3 Å². The lowest BCUT2D eigenvalue weighted by atomic mass is 9.95. The number of ether oxygens (including phenoxy) is 3. The van der Waals surface area contributed by atoms with Gasteiger partial charge in [0.15, 0.2) is 0 Å². The van der Waals surface area contributed by atoms with Crippen LogP contribution in [-0.2, 0) is 10.4 Å². The van der Waals surface area contributed by atoms with E-state index in [4.69, 9.17) is 14.2 Å². The van der Waals surface area contributed by atoms with Crippen LogP contribution in [0.3, 0.4) is 0 Å². The summed E-state index contributed by atoms with van der Waals surface area (Å²) in [5, 5.41) is 9.81. The average molecular weight is 419 g/mol. The number of anilines is 1. The molecule has 0 aliphatic carbocycles. The van der Waals surface area contributed by atoms with Crippen molar-refractivity contribution in [2.75, 3.05) is 31.2 Å². The van der Waals surface area contributed by atoms with Gasteiger partial charge in [-0.2, -0.15) is 0 Å². The lowest BCUT2D eigenvalue weighted by molar-refractivity contribution is -0.154. The number of para-hydroxylation sites is 3. The van der Waals surface area contributed by atoms with Crippen LogP contribution < -0.4 is 19.1 Å². The molecule has 0 radical (unpaired) electrons. The molecule has 1 heterocycles. The molecule has 3 aromatic rings. The fourth-order valence-electron chi connectivity index (χ4n) is 3.55. The van der Waals surface area contributed by atoms with Gasteiger partial charge in [-0.1, -0.05) is 42.5 Å². The molecule has 160 valence electrons. The molecule has 3 aromatic carbocycles. The molecule has 1 N–H and O–H groups in total. The van der Waals surface area contributed by atoms with E-state index in [9.17, 15) is 9.90 Å². The van der Waals surface area contributed by atoms with Gasteiger partial charge in [-0.15, -0.1) is 0 Å². The largest absolute Gasteiger partial charge is 0.492 e. The third-order valence-electron chi connectivity index (χ3n) is 5.33. The average Bonchev–Trinajstić information content (AvgIpc) is 2.80. The minimum atomic E-state index is -1.50. The first-order chi connectivity index (χ1) is 15.1. The van der Waals surface area contributed by atoms with Crippen molar-refractivity contribution in [1.82, 2.24) is 0 Å². The van der Waals surface area contributed by atoms with E-state index in [0.717, 1.165) is 24.5 Å². The molecule has 6 nitrogen and oxygen atoms in total. The summed E-state index contributed by atoms with van der Waals surface area (Å²) >= 11 is 0. The van der Waals surface area contributed by atoms with Gasteiger partial charge in [0.05, 0.1) is 18.8 Å². The molecule has 0 fully saturated rings. The Labute approximate surface area is 181 Å². The first-order valence-corrected chi connectivity index (χ1v) is 10.2. The number of fused-ring (bicyclic) bond motifs is 1. The first-order valence-electron chi connectivity index (χ1n) is 10.2. The van der Waals surface area contributed by atoms with Crippen molar-refractivity contribution in [1.29, 1.82) is 0 Å². The number of carboxylic acid groups (broad SMARTS) is 1. The number of carbonyl (C=O) groups is 1. The van der Waals surface area contributed by atoms with Crippen molar-refractivity contribution < 1.29 is 24.1 Å². The van der Waals surface area contributed by atoms with E-state index >= 15 is 0 Å². The Morgan fingerprint density at radius 1 is 1.00 bits per heavy atom. The van der Waals surface area contributed by atoms with Gasteiger partial charge in [0.2, 0.25) is 5.60 Å². The molecule has 0 amide bonds. The fourth-order valence-corrected chi connectivity index (χ4v) is 3.55. The van der Waals surface area contributed by atoms with E-state index in [1.165, 1.54) is 0 Å². The number of aliphatic carboxylic acids is 1. The molecular weight excluding hydrogens is 394 g/mol. The number of benzene rings is 3. The monoisotopic (exact) mass is 419 g/mol. The molecule has 1 unspecified atom stereocenters. The van der Waals surface area contributed by atoms with Gasteiger partial charge in [-0.25, -0.2) is 4.79 Å². The van der Waals surface area contributed by atoms with Crippen LogP contribution in [0, 0.1) is 0 Å². The molecule has 1 atom stereocenters. The highest BCUT2D eigenvalue weighted by atomic mass is 16.5. The quantitative estimate of drug-likeness (QED) is 0.586. The summed E-state index contributed by atoms with van der Waals surface area (Å²) in [6.07, 6.45) is 0. The molecule has 1 aliphatic rings. The number of hydrogen-bond acceptors (Lipinski definition) is 5. The lowest BCUT2D eigenvalue weighted by Crippen LogP contribution is -2.38. The van der Waals surface area contributed by atoms with Crippen molar-refractivity contribution in [2.45, 2.75) is 12.5 Å². The second-order valence-corrected chi connectivity index (χ2v) is 7.43. The molecule has 0 aromatic heterocycles. The van der Waals surface area contributed by atoms with Gasteiger partial charge < -0.3 is 24.2 Å². The summed E-state index contributed by atoms with van der Waals surface area (Å²) in [7, 11) is 0. The topological polar surface area (TPSA) is 68.2 Å². The van der Waals surface area contributed by atoms with Crippen molar-refractivity contribution in [3.8, 4) is 17.2 Å². The van der Waals surface area contributed by atoms with Crippen molar-refractivity contribution in [2.24, 2.45) is 0 Å². The van der Waals surface area contributed by atoms with Gasteiger partial charge >= 0.3 is 5.97 Å². The number of rotatable bonds is 8. The Morgan fingerprint density at radius 3 is 2.45 bits per heavy atom. The second kappa shape index (κ2) is 9.00. The Bertz CT molecular complexity index is 1020. The van der Waals surface area contributed by atoms with Gasteiger partial charge in [-0.3, -0.25) is 0 Å². The number of nitrogens with zero attached hydrogens (tertiary/aromatic N) is 1. The van der Waals surface area contributed by atoms with Gasteiger partial charge in [0, 0.05) is 5.56 Å². The van der Waals surface area contributed by atoms with Crippen LogP contribution in [0.1, 0.15) is 12.5 Å². The predicted molar refractivity (Wildman–Crippen MR) is 118 cm³/mol. The van der Waals surface area contributed by atoms with Crippen LogP contribution in [0.5, 0.6) is 17.2 Å². The van der Waals surface area contributed by atoms with E-state index in [1.54, 1.807) is 55.5 Å². The van der Waals surface area contributed by atoms with E-state index in [-0.39, 0.29) is 0 Å². The van der Waals surface area contributed by atoms with E-state index in [1.807, 2.05) is 30.3 Å². The predicted octanol–water partition coefficient (Wildman–Crippen LogP) is 4.34. The SMILES string of the molecule is CC(Oc1ccccc1)(C(=O)O)c1ccc(OCCN2CCOc3ccccc32)cc1. The zero-order valence-corrected chi connectivity index (χ0v) is 17.4. The van der Waals surface area contributed by atoms with Crippen molar-refractivity contribution >= 4 is 11.7 Å². The summed E-state index contributed by atoms with van der Waals surface area (Å²) in [4.78, 5) is 14.2. The van der Waals surface area contributed by atoms with Crippen LogP contribution >= 0.6 is 0 Å². The molecule has 0 saturated heterocycles. The first kappa shape index (κ1) is 20.6. The Hall–Kier alpha value is -3.67. The highest BCUT2D eigenvalue weighted by molar-refractivity contribution is 5.79. The van der Waals surface area contributed by atoms with Crippen LogP contribution in [0.4, 0.5) is 5.69 Å². The minimum Gasteiger partial charge on any atom is -0.492 e. The maximum atomic E-state index is 12.0. The summed E-state index contributed by atoms with van der Waals surface area (Å²) in [6.45, 7) is 4.25. The van der Waals surface area contributed by atoms with E-state index < -0.39 is 11.6 Å². The molecule has 0 saturated carbocycles. The molecular formula is C25H25NO5. The Balaban J connectivity index is 1.39. The molecule has 0 bridgehead atoms. The summed E-state index contributed by atoms with van der Waals surface area (Å²) in [5.41, 5.74) is 0.110. The standard InChI is InChI=1S/C25H25NO5/c1-25(24(27)28,31-21-7-3-2-4-8-21)19-11-13-20(14-12-19)29-17-15-26-16-18-30-23-10-6-5-9-22(23)26/h2-14H,15-18H2,1H3,(H,27,28). The Morgan fingerprint density at radius 2 is 1.71 bits per heavy atom. The molecule has 4 rings (SSSR count). The van der Waals surface area contributed by atoms with Crippen LogP contribution in [0.2, 0.25) is 0 Å². The molecule has 6 heteroatoms. The third-order valence-corrected chi connectivity index (χ3v) is 5.33. The maximum absolute atomic E-state index is 12.0. The van der Waals surface area contributed by atoms with Crippen LogP contribution in [0.25, 0.3) is 0 Å². The van der Waals surface area contributed by atoms with E-state index in [2.05, 4.69) is 4.90 Å². The Kier molecular flexibility index (Phi) is 5.98. The van der Waals surface area contributed by atoms with Crippen molar-refractivity contribution in [3.63, 3.8) is 0 Å². The summed E-state index contributed by atoms with van der Waals surface area (Å²) in [5.74, 6) is 1.01. The van der Waals surface area contributed by atoms with Gasteiger partial charge in [0.1, 0.15) is 30.5 Å². The minimum absolute atomic E-state index is 0.499. The third kappa shape index (κ3) is 4.58. The second-order valence-electron chi connectivity index (χ2n) is 7.43. The van der Waals surface area contributed by atoms with Crippen LogP contribution in [-0.4, -0.2) is 37.4 Å². The highest BCUT2D eigenvalue weighted by Crippen LogP contribution is 2.31. The number of carboxylic acids is 1.